The summed E-state index contributed by atoms with van der Waals surface area (Å²) in [6.45, 7) is 0.300. The topological polar surface area (TPSA) is 55.4 Å². The zero-order valence-corrected chi connectivity index (χ0v) is 12.5. The maximum atomic E-state index is 12.2. The number of benzene rings is 2. The minimum Gasteiger partial charge on any atom is -0.448 e. The Hall–Kier alpha value is -2.33. The van der Waals surface area contributed by atoms with Crippen molar-refractivity contribution < 1.29 is 14.3 Å². The lowest BCUT2D eigenvalue weighted by molar-refractivity contribution is -0.130. The van der Waals surface area contributed by atoms with Crippen molar-refractivity contribution in [2.75, 3.05) is 0 Å². The number of ether oxygens (including phenoxy) is 1. The lowest BCUT2D eigenvalue weighted by Crippen LogP contribution is -2.41. The van der Waals surface area contributed by atoms with Gasteiger partial charge in [-0.2, -0.15) is 0 Å². The van der Waals surface area contributed by atoms with Gasteiger partial charge >= 0.3 is 5.97 Å². The molecular weight excluding hydrogens is 302 g/mol. The standard InChI is InChI=1S/C17H14ClNO3/c18-14-8-4-2-6-12(14)10-19-16(20)15-9-11-5-1-3-7-13(11)17(21)22-15/h1-8,15H,9-10H2,(H,19,20). The molecule has 4 nitrogen and oxygen atoms in total. The summed E-state index contributed by atoms with van der Waals surface area (Å²) in [6, 6.07) is 14.4. The summed E-state index contributed by atoms with van der Waals surface area (Å²) < 4.78 is 5.21. The Labute approximate surface area is 133 Å². The predicted octanol–water partition coefficient (Wildman–Crippen LogP) is 2.74. The van der Waals surface area contributed by atoms with Crippen LogP contribution in [-0.2, 0) is 22.5 Å². The van der Waals surface area contributed by atoms with Crippen molar-refractivity contribution in [2.24, 2.45) is 0 Å². The van der Waals surface area contributed by atoms with E-state index in [1.165, 1.54) is 0 Å². The van der Waals surface area contributed by atoms with Crippen molar-refractivity contribution in [2.45, 2.75) is 19.1 Å². The number of carbonyl (C=O) groups is 2. The van der Waals surface area contributed by atoms with Crippen molar-refractivity contribution >= 4 is 23.5 Å². The molecule has 3 rings (SSSR count). The van der Waals surface area contributed by atoms with Crippen LogP contribution in [0.2, 0.25) is 5.02 Å². The summed E-state index contributed by atoms with van der Waals surface area (Å²) >= 11 is 6.05. The van der Waals surface area contributed by atoms with Crippen LogP contribution >= 0.6 is 11.6 Å². The second-order valence-corrected chi connectivity index (χ2v) is 5.47. The van der Waals surface area contributed by atoms with Crippen molar-refractivity contribution in [1.82, 2.24) is 5.32 Å². The number of rotatable bonds is 3. The SMILES string of the molecule is O=C1OC(C(=O)NCc2ccccc2Cl)Cc2ccccc21. The van der Waals surface area contributed by atoms with Gasteiger partial charge in [0.15, 0.2) is 6.10 Å². The van der Waals surface area contributed by atoms with Gasteiger partial charge in [-0.3, -0.25) is 4.79 Å². The third-order valence-electron chi connectivity index (χ3n) is 3.60. The molecule has 0 saturated carbocycles. The average molecular weight is 316 g/mol. The maximum Gasteiger partial charge on any atom is 0.339 e. The van der Waals surface area contributed by atoms with E-state index in [1.807, 2.05) is 30.3 Å². The fourth-order valence-corrected chi connectivity index (χ4v) is 2.62. The summed E-state index contributed by atoms with van der Waals surface area (Å²) in [5.41, 5.74) is 2.18. The van der Waals surface area contributed by atoms with E-state index in [4.69, 9.17) is 16.3 Å². The Kier molecular flexibility index (Phi) is 4.11. The highest BCUT2D eigenvalue weighted by Crippen LogP contribution is 2.21. The van der Waals surface area contributed by atoms with E-state index in [-0.39, 0.29) is 5.91 Å². The highest BCUT2D eigenvalue weighted by atomic mass is 35.5. The van der Waals surface area contributed by atoms with Crippen LogP contribution in [0.25, 0.3) is 0 Å². The van der Waals surface area contributed by atoms with Crippen LogP contribution in [0, 0.1) is 0 Å². The normalized spacial score (nSPS) is 16.6. The fraction of sp³-hybridized carbons (Fsp3) is 0.176. The molecule has 0 fully saturated rings. The van der Waals surface area contributed by atoms with Crippen molar-refractivity contribution in [3.05, 3.63) is 70.2 Å². The van der Waals surface area contributed by atoms with Crippen molar-refractivity contribution in [3.63, 3.8) is 0 Å². The van der Waals surface area contributed by atoms with Gasteiger partial charge in [-0.25, -0.2) is 4.79 Å². The molecule has 1 unspecified atom stereocenters. The van der Waals surface area contributed by atoms with Gasteiger partial charge in [0.1, 0.15) is 0 Å². The first-order valence-corrected chi connectivity index (χ1v) is 7.33. The van der Waals surface area contributed by atoms with Gasteiger partial charge in [-0.15, -0.1) is 0 Å². The number of fused-ring (bicyclic) bond motifs is 1. The highest BCUT2D eigenvalue weighted by Gasteiger charge is 2.30. The van der Waals surface area contributed by atoms with Crippen LogP contribution < -0.4 is 5.32 Å². The molecule has 2 aromatic carbocycles. The van der Waals surface area contributed by atoms with E-state index >= 15 is 0 Å². The quantitative estimate of drug-likeness (QED) is 0.886. The fourth-order valence-electron chi connectivity index (χ4n) is 2.42. The van der Waals surface area contributed by atoms with Gasteiger partial charge in [0.25, 0.3) is 5.91 Å². The minimum absolute atomic E-state index is 0.300. The van der Waals surface area contributed by atoms with Crippen LogP contribution in [-0.4, -0.2) is 18.0 Å². The molecule has 5 heteroatoms. The minimum atomic E-state index is -0.801. The number of cyclic esters (lactones) is 1. The Morgan fingerprint density at radius 1 is 1.18 bits per heavy atom. The molecule has 0 aromatic heterocycles. The molecule has 2 aromatic rings. The highest BCUT2D eigenvalue weighted by molar-refractivity contribution is 6.31. The molecule has 1 atom stereocenters. The van der Waals surface area contributed by atoms with Crippen molar-refractivity contribution in [3.8, 4) is 0 Å². The van der Waals surface area contributed by atoms with Gasteiger partial charge in [-0.1, -0.05) is 48.0 Å². The summed E-state index contributed by atoms with van der Waals surface area (Å²) in [6.07, 6.45) is -0.416. The Morgan fingerprint density at radius 2 is 1.91 bits per heavy atom. The van der Waals surface area contributed by atoms with E-state index in [1.54, 1.807) is 18.2 Å². The van der Waals surface area contributed by atoms with Crippen LogP contribution in [0.15, 0.2) is 48.5 Å². The second kappa shape index (κ2) is 6.20. The monoisotopic (exact) mass is 315 g/mol. The molecule has 1 amide bonds. The molecule has 1 heterocycles. The molecule has 0 spiro atoms. The van der Waals surface area contributed by atoms with E-state index < -0.39 is 12.1 Å². The number of hydrogen-bond acceptors (Lipinski definition) is 3. The first-order valence-electron chi connectivity index (χ1n) is 6.95. The van der Waals surface area contributed by atoms with Crippen LogP contribution in [0.3, 0.4) is 0 Å². The first-order chi connectivity index (χ1) is 10.6. The van der Waals surface area contributed by atoms with Crippen LogP contribution in [0.5, 0.6) is 0 Å². The number of esters is 1. The van der Waals surface area contributed by atoms with E-state index in [0.29, 0.717) is 23.6 Å². The molecule has 1 aliphatic rings. The van der Waals surface area contributed by atoms with Crippen LogP contribution in [0.4, 0.5) is 0 Å². The van der Waals surface area contributed by atoms with Crippen LogP contribution in [0.1, 0.15) is 21.5 Å². The number of halogens is 1. The smallest absolute Gasteiger partial charge is 0.339 e. The molecule has 112 valence electrons. The molecule has 0 aliphatic carbocycles. The average Bonchev–Trinajstić information content (AvgIpc) is 2.54. The first kappa shape index (κ1) is 14.6. The largest absolute Gasteiger partial charge is 0.448 e. The third-order valence-corrected chi connectivity index (χ3v) is 3.96. The number of hydrogen-bond donors (Lipinski definition) is 1. The van der Waals surface area contributed by atoms with Crippen molar-refractivity contribution in [1.29, 1.82) is 0 Å². The summed E-state index contributed by atoms with van der Waals surface area (Å²) in [4.78, 5) is 24.1. The number of nitrogens with one attached hydrogen (secondary N) is 1. The zero-order valence-electron chi connectivity index (χ0n) is 11.7. The predicted molar refractivity (Wildman–Crippen MR) is 82.6 cm³/mol. The lowest BCUT2D eigenvalue weighted by Gasteiger charge is -2.23. The molecule has 0 bridgehead atoms. The lowest BCUT2D eigenvalue weighted by atomic mass is 9.98. The molecule has 1 N–H and O–H groups in total. The summed E-state index contributed by atoms with van der Waals surface area (Å²) in [7, 11) is 0. The van der Waals surface area contributed by atoms with Gasteiger partial charge in [0, 0.05) is 18.0 Å². The van der Waals surface area contributed by atoms with Gasteiger partial charge in [0.2, 0.25) is 0 Å². The molecule has 0 saturated heterocycles. The zero-order chi connectivity index (χ0) is 15.5. The van der Waals surface area contributed by atoms with E-state index in [2.05, 4.69) is 5.32 Å². The molecule has 1 aliphatic heterocycles. The van der Waals surface area contributed by atoms with E-state index in [0.717, 1.165) is 11.1 Å². The number of amides is 1. The molecule has 22 heavy (non-hydrogen) atoms. The summed E-state index contributed by atoms with van der Waals surface area (Å²) in [5.74, 6) is -0.775. The maximum absolute atomic E-state index is 12.2. The number of carbonyl (C=O) groups excluding carboxylic acids is 2. The Balaban J connectivity index is 1.67. The Bertz CT molecular complexity index is 729. The van der Waals surface area contributed by atoms with E-state index in [9.17, 15) is 9.59 Å². The van der Waals surface area contributed by atoms with Gasteiger partial charge < -0.3 is 10.1 Å². The second-order valence-electron chi connectivity index (χ2n) is 5.06. The Morgan fingerprint density at radius 3 is 2.73 bits per heavy atom. The third kappa shape index (κ3) is 2.97. The van der Waals surface area contributed by atoms with Gasteiger partial charge in [0.05, 0.1) is 5.56 Å². The van der Waals surface area contributed by atoms with Gasteiger partial charge in [-0.05, 0) is 23.3 Å². The summed E-state index contributed by atoms with van der Waals surface area (Å²) in [5, 5.41) is 3.35. The molecular formula is C17H14ClNO3. The molecule has 0 radical (unpaired) electrons.